The Kier molecular flexibility index (Phi) is 7.79. The standard InChI is InChI=1S/C19H23BrClF3N4O4/c1-10-8-25-9-15(17(29)30)28(10)11-2-4-27(5-3-11)18(31)26-14-7-16(32-19(22,23)24)12(20)6-13(14)21/h6-7,10-11,15,25H,2-5,8-9H2,1H3,(H,26,31)(H,29,30). The number of halogens is 5. The third kappa shape index (κ3) is 5.97. The Hall–Kier alpha value is -1.76. The van der Waals surface area contributed by atoms with E-state index < -0.39 is 30.2 Å². The third-order valence-electron chi connectivity index (χ3n) is 5.59. The van der Waals surface area contributed by atoms with E-state index >= 15 is 0 Å². The molecule has 3 rings (SSSR count). The number of anilines is 1. The lowest BCUT2D eigenvalue weighted by atomic mass is 9.97. The van der Waals surface area contributed by atoms with E-state index in [0.29, 0.717) is 39.0 Å². The summed E-state index contributed by atoms with van der Waals surface area (Å²) in [6, 6.07) is 1.14. The van der Waals surface area contributed by atoms with Gasteiger partial charge in [-0.2, -0.15) is 0 Å². The first-order valence-electron chi connectivity index (χ1n) is 9.98. The van der Waals surface area contributed by atoms with Crippen LogP contribution in [0.5, 0.6) is 5.75 Å². The lowest BCUT2D eigenvalue weighted by Crippen LogP contribution is -2.64. The molecule has 2 aliphatic rings. The maximum Gasteiger partial charge on any atom is 0.573 e. The highest BCUT2D eigenvalue weighted by atomic mass is 79.9. The van der Waals surface area contributed by atoms with Crippen LogP contribution in [-0.4, -0.2) is 77.6 Å². The van der Waals surface area contributed by atoms with E-state index in [1.54, 1.807) is 0 Å². The Labute approximate surface area is 196 Å². The molecule has 2 amide bonds. The largest absolute Gasteiger partial charge is 0.573 e. The average molecular weight is 544 g/mol. The summed E-state index contributed by atoms with van der Waals surface area (Å²) < 4.78 is 41.7. The van der Waals surface area contributed by atoms with Gasteiger partial charge in [0.25, 0.3) is 0 Å². The van der Waals surface area contributed by atoms with Crippen molar-refractivity contribution in [1.82, 2.24) is 15.1 Å². The van der Waals surface area contributed by atoms with Crippen LogP contribution in [0.25, 0.3) is 0 Å². The van der Waals surface area contributed by atoms with Crippen molar-refractivity contribution in [3.8, 4) is 5.75 Å². The predicted molar refractivity (Wildman–Crippen MR) is 115 cm³/mol. The summed E-state index contributed by atoms with van der Waals surface area (Å²) in [4.78, 5) is 27.9. The zero-order valence-corrected chi connectivity index (χ0v) is 19.4. The maximum absolute atomic E-state index is 12.7. The van der Waals surface area contributed by atoms with E-state index in [1.165, 1.54) is 11.0 Å². The summed E-state index contributed by atoms with van der Waals surface area (Å²) >= 11 is 9.03. The van der Waals surface area contributed by atoms with Crippen LogP contribution in [0.1, 0.15) is 19.8 Å². The number of carboxylic acids is 1. The second kappa shape index (κ2) is 10.0. The molecule has 1 aromatic rings. The number of benzene rings is 1. The Morgan fingerprint density at radius 2 is 1.94 bits per heavy atom. The molecular weight excluding hydrogens is 521 g/mol. The third-order valence-corrected chi connectivity index (χ3v) is 6.53. The minimum Gasteiger partial charge on any atom is -0.480 e. The molecular formula is C19H23BrClF3N4O4. The van der Waals surface area contributed by atoms with Crippen LogP contribution in [0.2, 0.25) is 5.02 Å². The summed E-state index contributed by atoms with van der Waals surface area (Å²) in [5.74, 6) is -1.41. The summed E-state index contributed by atoms with van der Waals surface area (Å²) in [5, 5.41) is 15.3. The first kappa shape index (κ1) is 24.9. The topological polar surface area (TPSA) is 94.1 Å². The number of piperidine rings is 1. The number of piperazine rings is 1. The summed E-state index contributed by atoms with van der Waals surface area (Å²) in [7, 11) is 0. The van der Waals surface area contributed by atoms with Crippen LogP contribution in [0.15, 0.2) is 16.6 Å². The molecule has 0 aliphatic carbocycles. The molecule has 13 heteroatoms. The molecule has 0 bridgehead atoms. The highest BCUT2D eigenvalue weighted by Crippen LogP contribution is 2.37. The van der Waals surface area contributed by atoms with Crippen LogP contribution in [0.3, 0.4) is 0 Å². The molecule has 3 N–H and O–H groups in total. The van der Waals surface area contributed by atoms with Gasteiger partial charge in [-0.3, -0.25) is 9.69 Å². The molecule has 1 aromatic carbocycles. The minimum atomic E-state index is -4.89. The number of urea groups is 1. The first-order chi connectivity index (χ1) is 15.0. The van der Waals surface area contributed by atoms with Gasteiger partial charge in [0.15, 0.2) is 0 Å². The van der Waals surface area contributed by atoms with Gasteiger partial charge >= 0.3 is 18.4 Å². The normalized spacial score (nSPS) is 23.1. The van der Waals surface area contributed by atoms with Crippen molar-refractivity contribution in [3.05, 3.63) is 21.6 Å². The van der Waals surface area contributed by atoms with Gasteiger partial charge in [-0.25, -0.2) is 4.79 Å². The highest BCUT2D eigenvalue weighted by Gasteiger charge is 2.39. The van der Waals surface area contributed by atoms with Gasteiger partial charge in [-0.05, 0) is 41.8 Å². The number of nitrogens with zero attached hydrogens (tertiary/aromatic N) is 2. The van der Waals surface area contributed by atoms with Crippen molar-refractivity contribution in [2.75, 3.05) is 31.5 Å². The van der Waals surface area contributed by atoms with E-state index in [-0.39, 0.29) is 27.3 Å². The Morgan fingerprint density at radius 3 is 2.53 bits per heavy atom. The average Bonchev–Trinajstić information content (AvgIpc) is 2.70. The number of aliphatic carboxylic acids is 1. The number of ether oxygens (including phenoxy) is 1. The number of alkyl halides is 3. The lowest BCUT2D eigenvalue weighted by Gasteiger charge is -2.46. The number of hydrogen-bond donors (Lipinski definition) is 3. The van der Waals surface area contributed by atoms with Gasteiger partial charge in [0.2, 0.25) is 0 Å². The molecule has 0 spiro atoms. The van der Waals surface area contributed by atoms with Crippen molar-refractivity contribution in [3.63, 3.8) is 0 Å². The number of hydrogen-bond acceptors (Lipinski definition) is 5. The number of rotatable bonds is 4. The fourth-order valence-electron chi connectivity index (χ4n) is 4.17. The second-order valence-corrected chi connectivity index (χ2v) is 9.03. The van der Waals surface area contributed by atoms with E-state index in [9.17, 15) is 27.9 Å². The molecule has 32 heavy (non-hydrogen) atoms. The monoisotopic (exact) mass is 542 g/mol. The minimum absolute atomic E-state index is 0.00300. The number of amides is 2. The van der Waals surface area contributed by atoms with Crippen molar-refractivity contribution in [2.45, 2.75) is 44.3 Å². The molecule has 0 radical (unpaired) electrons. The fraction of sp³-hybridized carbons (Fsp3) is 0.579. The molecule has 0 aromatic heterocycles. The number of likely N-dealkylation sites (tertiary alicyclic amines) is 1. The Bertz CT molecular complexity index is 868. The van der Waals surface area contributed by atoms with Crippen molar-refractivity contribution < 1.29 is 32.6 Å². The summed E-state index contributed by atoms with van der Waals surface area (Å²) in [6.07, 6.45) is -3.73. The van der Waals surface area contributed by atoms with Crippen LogP contribution in [0, 0.1) is 0 Å². The Balaban J connectivity index is 1.63. The summed E-state index contributed by atoms with van der Waals surface area (Å²) in [6.45, 7) is 3.77. The Morgan fingerprint density at radius 1 is 1.28 bits per heavy atom. The number of carbonyl (C=O) groups is 2. The molecule has 0 saturated carbocycles. The molecule has 2 aliphatic heterocycles. The zero-order valence-electron chi connectivity index (χ0n) is 17.1. The van der Waals surface area contributed by atoms with Crippen molar-refractivity contribution in [2.24, 2.45) is 0 Å². The van der Waals surface area contributed by atoms with Gasteiger partial charge < -0.3 is 25.4 Å². The highest BCUT2D eigenvalue weighted by molar-refractivity contribution is 9.10. The van der Waals surface area contributed by atoms with E-state index in [2.05, 4.69) is 31.3 Å². The van der Waals surface area contributed by atoms with Crippen LogP contribution >= 0.6 is 27.5 Å². The quantitative estimate of drug-likeness (QED) is 0.536. The molecule has 2 fully saturated rings. The number of carboxylic acid groups (broad SMARTS) is 1. The van der Waals surface area contributed by atoms with Gasteiger partial charge in [0.05, 0.1) is 15.2 Å². The molecule has 8 nitrogen and oxygen atoms in total. The first-order valence-corrected chi connectivity index (χ1v) is 11.1. The van der Waals surface area contributed by atoms with Crippen LogP contribution in [0.4, 0.5) is 23.7 Å². The van der Waals surface area contributed by atoms with Crippen molar-refractivity contribution in [1.29, 1.82) is 0 Å². The van der Waals surface area contributed by atoms with Crippen molar-refractivity contribution >= 4 is 45.2 Å². The lowest BCUT2D eigenvalue weighted by molar-refractivity contribution is -0.274. The molecule has 2 heterocycles. The molecule has 2 unspecified atom stereocenters. The van der Waals surface area contributed by atoms with Crippen LogP contribution in [-0.2, 0) is 4.79 Å². The smallest absolute Gasteiger partial charge is 0.480 e. The summed E-state index contributed by atoms with van der Waals surface area (Å²) in [5.41, 5.74) is -0.0112. The van der Waals surface area contributed by atoms with E-state index in [4.69, 9.17) is 11.6 Å². The number of nitrogens with one attached hydrogen (secondary N) is 2. The zero-order chi connectivity index (χ0) is 23.6. The van der Waals surface area contributed by atoms with Crippen LogP contribution < -0.4 is 15.4 Å². The van der Waals surface area contributed by atoms with Gasteiger partial charge in [0, 0.05) is 44.3 Å². The van der Waals surface area contributed by atoms with Gasteiger partial charge in [-0.1, -0.05) is 11.6 Å². The fourth-order valence-corrected chi connectivity index (χ4v) is 4.93. The van der Waals surface area contributed by atoms with Gasteiger partial charge in [0.1, 0.15) is 11.8 Å². The van der Waals surface area contributed by atoms with Gasteiger partial charge in [-0.15, -0.1) is 13.2 Å². The maximum atomic E-state index is 12.7. The molecule has 2 atom stereocenters. The number of carbonyl (C=O) groups excluding carboxylic acids is 1. The van der Waals surface area contributed by atoms with E-state index in [0.717, 1.165) is 6.07 Å². The van der Waals surface area contributed by atoms with E-state index in [1.807, 2.05) is 11.8 Å². The molecule has 2 saturated heterocycles. The second-order valence-electron chi connectivity index (χ2n) is 7.77. The SMILES string of the molecule is CC1CNCC(C(=O)O)N1C1CCN(C(=O)Nc2cc(OC(F)(F)F)c(Br)cc2Cl)CC1. The predicted octanol–water partition coefficient (Wildman–Crippen LogP) is 3.74. The molecule has 178 valence electrons.